The lowest BCUT2D eigenvalue weighted by atomic mass is 9.98. The molecule has 2 unspecified atom stereocenters. The fourth-order valence-corrected chi connectivity index (χ4v) is 4.30. The zero-order valence-electron chi connectivity index (χ0n) is 14.1. The summed E-state index contributed by atoms with van der Waals surface area (Å²) in [5.74, 6) is 0.0312. The van der Waals surface area contributed by atoms with Crippen molar-refractivity contribution in [1.82, 2.24) is 15.2 Å². The van der Waals surface area contributed by atoms with Crippen molar-refractivity contribution >= 4 is 27.5 Å². The zero-order chi connectivity index (χ0) is 16.9. The quantitative estimate of drug-likeness (QED) is 0.841. The first-order chi connectivity index (χ1) is 11.6. The summed E-state index contributed by atoms with van der Waals surface area (Å²) in [7, 11) is 0. The van der Waals surface area contributed by atoms with Crippen molar-refractivity contribution in [3.05, 3.63) is 29.3 Å². The molecule has 5 nitrogen and oxygen atoms in total. The average Bonchev–Trinajstić information content (AvgIpc) is 2.97. The van der Waals surface area contributed by atoms with Gasteiger partial charge in [-0.15, -0.1) is 11.3 Å². The van der Waals surface area contributed by atoms with Crippen LogP contribution in [0.25, 0.3) is 10.2 Å². The van der Waals surface area contributed by atoms with Crippen LogP contribution in [0.4, 0.5) is 0 Å². The van der Waals surface area contributed by atoms with Crippen LogP contribution in [0, 0.1) is 0 Å². The molecule has 2 aromatic rings. The van der Waals surface area contributed by atoms with E-state index in [-0.39, 0.29) is 18.1 Å². The molecule has 2 atom stereocenters. The lowest BCUT2D eigenvalue weighted by Crippen LogP contribution is -2.50. The third-order valence-electron chi connectivity index (χ3n) is 4.57. The van der Waals surface area contributed by atoms with E-state index in [1.165, 1.54) is 4.70 Å². The summed E-state index contributed by atoms with van der Waals surface area (Å²) < 4.78 is 1.19. The van der Waals surface area contributed by atoms with E-state index in [1.807, 2.05) is 25.1 Å². The molecule has 0 saturated carbocycles. The standard InChI is InChI=1S/C18H25N3O2S/c1-13(22)15-7-4-5-11-21(15)12-17(23)19-10-9-18-20-14-6-2-3-8-16(14)24-18/h2-3,6,8,13,15,22H,4-5,7,9-12H2,1H3,(H,19,23). The van der Waals surface area contributed by atoms with Gasteiger partial charge in [0.15, 0.2) is 0 Å². The summed E-state index contributed by atoms with van der Waals surface area (Å²) in [4.78, 5) is 18.9. The number of likely N-dealkylation sites (tertiary alicyclic amines) is 1. The van der Waals surface area contributed by atoms with Crippen molar-refractivity contribution in [2.75, 3.05) is 19.6 Å². The maximum atomic E-state index is 12.2. The van der Waals surface area contributed by atoms with Crippen LogP contribution in [0.2, 0.25) is 0 Å². The minimum absolute atomic E-state index is 0.0312. The van der Waals surface area contributed by atoms with Crippen molar-refractivity contribution in [2.24, 2.45) is 0 Å². The molecule has 0 aliphatic carbocycles. The van der Waals surface area contributed by atoms with Gasteiger partial charge < -0.3 is 10.4 Å². The Bertz CT molecular complexity index is 653. The van der Waals surface area contributed by atoms with Crippen LogP contribution in [0.1, 0.15) is 31.2 Å². The van der Waals surface area contributed by atoms with Gasteiger partial charge in [-0.3, -0.25) is 9.69 Å². The molecule has 130 valence electrons. The van der Waals surface area contributed by atoms with Crippen molar-refractivity contribution in [1.29, 1.82) is 0 Å². The lowest BCUT2D eigenvalue weighted by molar-refractivity contribution is -0.123. The van der Waals surface area contributed by atoms with Crippen molar-refractivity contribution < 1.29 is 9.90 Å². The number of rotatable bonds is 6. The van der Waals surface area contributed by atoms with Crippen LogP contribution in [0.5, 0.6) is 0 Å². The van der Waals surface area contributed by atoms with E-state index in [0.29, 0.717) is 13.1 Å². The molecule has 0 spiro atoms. The highest BCUT2D eigenvalue weighted by molar-refractivity contribution is 7.18. The van der Waals surface area contributed by atoms with Gasteiger partial charge in [-0.1, -0.05) is 18.6 Å². The van der Waals surface area contributed by atoms with Gasteiger partial charge in [0, 0.05) is 19.0 Å². The Kier molecular flexibility index (Phi) is 5.81. The number of para-hydroxylation sites is 1. The second-order valence-corrected chi connectivity index (χ2v) is 7.56. The number of thiazole rings is 1. The maximum absolute atomic E-state index is 12.2. The van der Waals surface area contributed by atoms with E-state index in [9.17, 15) is 9.90 Å². The summed E-state index contributed by atoms with van der Waals surface area (Å²) in [6.45, 7) is 3.68. The van der Waals surface area contributed by atoms with E-state index in [1.54, 1.807) is 11.3 Å². The Morgan fingerprint density at radius 3 is 3.08 bits per heavy atom. The molecule has 6 heteroatoms. The number of benzene rings is 1. The number of amides is 1. The van der Waals surface area contributed by atoms with Crippen molar-refractivity contribution in [3.63, 3.8) is 0 Å². The predicted molar refractivity (Wildman–Crippen MR) is 97.2 cm³/mol. The largest absolute Gasteiger partial charge is 0.392 e. The fourth-order valence-electron chi connectivity index (χ4n) is 3.34. The number of aliphatic hydroxyl groups excluding tert-OH is 1. The van der Waals surface area contributed by atoms with Crippen LogP contribution in [0.15, 0.2) is 24.3 Å². The first-order valence-electron chi connectivity index (χ1n) is 8.67. The van der Waals surface area contributed by atoms with Gasteiger partial charge in [-0.05, 0) is 38.4 Å². The Hall–Kier alpha value is -1.50. The number of hydrogen-bond donors (Lipinski definition) is 2. The smallest absolute Gasteiger partial charge is 0.234 e. The van der Waals surface area contributed by atoms with E-state index >= 15 is 0 Å². The van der Waals surface area contributed by atoms with E-state index in [2.05, 4.69) is 21.3 Å². The van der Waals surface area contributed by atoms with E-state index in [0.717, 1.165) is 42.8 Å². The summed E-state index contributed by atoms with van der Waals surface area (Å²) in [5, 5.41) is 13.9. The highest BCUT2D eigenvalue weighted by Crippen LogP contribution is 2.21. The SMILES string of the molecule is CC(O)C1CCCCN1CC(=O)NCCc1nc2ccccc2s1. The Morgan fingerprint density at radius 1 is 1.46 bits per heavy atom. The third-order valence-corrected chi connectivity index (χ3v) is 5.66. The van der Waals surface area contributed by atoms with Crippen molar-refractivity contribution in [2.45, 2.75) is 44.8 Å². The van der Waals surface area contributed by atoms with Gasteiger partial charge in [-0.2, -0.15) is 0 Å². The summed E-state index contributed by atoms with van der Waals surface area (Å²) >= 11 is 1.68. The molecule has 3 rings (SSSR count). The molecule has 1 aliphatic heterocycles. The predicted octanol–water partition coefficient (Wildman–Crippen LogP) is 2.19. The molecule has 0 bridgehead atoms. The van der Waals surface area contributed by atoms with Gasteiger partial charge in [0.2, 0.25) is 5.91 Å². The second kappa shape index (κ2) is 8.05. The number of hydrogen-bond acceptors (Lipinski definition) is 5. The van der Waals surface area contributed by atoms with Crippen LogP contribution in [-0.4, -0.2) is 52.7 Å². The third kappa shape index (κ3) is 4.32. The number of nitrogens with zero attached hydrogens (tertiary/aromatic N) is 2. The fraction of sp³-hybridized carbons (Fsp3) is 0.556. The molecule has 2 heterocycles. The maximum Gasteiger partial charge on any atom is 0.234 e. The van der Waals surface area contributed by atoms with Crippen LogP contribution < -0.4 is 5.32 Å². The van der Waals surface area contributed by atoms with Gasteiger partial charge in [0.1, 0.15) is 0 Å². The molecule has 1 saturated heterocycles. The highest BCUT2D eigenvalue weighted by Gasteiger charge is 2.27. The first-order valence-corrected chi connectivity index (χ1v) is 9.48. The van der Waals surface area contributed by atoms with E-state index < -0.39 is 0 Å². The minimum atomic E-state index is -0.388. The molecule has 24 heavy (non-hydrogen) atoms. The lowest BCUT2D eigenvalue weighted by Gasteiger charge is -2.36. The number of nitrogens with one attached hydrogen (secondary N) is 1. The van der Waals surface area contributed by atoms with Crippen LogP contribution in [-0.2, 0) is 11.2 Å². The summed E-state index contributed by atoms with van der Waals surface area (Å²) in [6.07, 6.45) is 3.57. The van der Waals surface area contributed by atoms with Gasteiger partial charge in [-0.25, -0.2) is 4.98 Å². The Morgan fingerprint density at radius 2 is 2.29 bits per heavy atom. The van der Waals surface area contributed by atoms with Gasteiger partial charge in [0.25, 0.3) is 0 Å². The van der Waals surface area contributed by atoms with Crippen LogP contribution in [0.3, 0.4) is 0 Å². The molecule has 0 radical (unpaired) electrons. The molecule has 1 aliphatic rings. The number of piperidine rings is 1. The first kappa shape index (κ1) is 17.3. The van der Waals surface area contributed by atoms with Gasteiger partial charge >= 0.3 is 0 Å². The number of carbonyl (C=O) groups is 1. The second-order valence-electron chi connectivity index (χ2n) is 6.45. The minimum Gasteiger partial charge on any atom is -0.392 e. The molecular formula is C18H25N3O2S. The molecule has 1 aromatic heterocycles. The van der Waals surface area contributed by atoms with Crippen molar-refractivity contribution in [3.8, 4) is 0 Å². The number of carbonyl (C=O) groups excluding carboxylic acids is 1. The average molecular weight is 347 g/mol. The highest BCUT2D eigenvalue weighted by atomic mass is 32.1. The van der Waals surface area contributed by atoms with Gasteiger partial charge in [0.05, 0.1) is 27.9 Å². The Balaban J connectivity index is 1.46. The molecule has 1 amide bonds. The number of fused-ring (bicyclic) bond motifs is 1. The molecule has 1 fully saturated rings. The van der Waals surface area contributed by atoms with E-state index in [4.69, 9.17) is 0 Å². The summed E-state index contributed by atoms with van der Waals surface area (Å²) in [6, 6.07) is 8.20. The van der Waals surface area contributed by atoms with Crippen LogP contribution >= 0.6 is 11.3 Å². The molecular weight excluding hydrogens is 322 g/mol. The topological polar surface area (TPSA) is 65.5 Å². The Labute approximate surface area is 146 Å². The normalized spacial score (nSPS) is 20.2. The monoisotopic (exact) mass is 347 g/mol. The zero-order valence-corrected chi connectivity index (χ0v) is 14.9. The molecule has 1 aromatic carbocycles. The molecule has 2 N–H and O–H groups in total. The summed E-state index contributed by atoms with van der Waals surface area (Å²) in [5.41, 5.74) is 1.02. The number of aromatic nitrogens is 1. The number of aliphatic hydroxyl groups is 1.